The molecule has 0 spiro atoms. The Kier molecular flexibility index (Phi) is 18.1. The maximum atomic E-state index is 10.4. The van der Waals surface area contributed by atoms with Gasteiger partial charge in [0.25, 0.3) is 0 Å². The van der Waals surface area contributed by atoms with E-state index in [2.05, 4.69) is 9.35 Å². The molecule has 0 radical (unpaired) electrons. The standard InChI is InChI=1S/3CH5O3P.H2O10P4/c3*1-5(2,3)4;1-9-14(10-2,11(3)4,12(5)6)13(7)8/h3*1H3,(H2,2,3,4);1-2H. The van der Waals surface area contributed by atoms with E-state index >= 15 is 0 Å². The van der Waals surface area contributed by atoms with E-state index in [1.165, 1.54) is 0 Å². The molecule has 0 rings (SSSR count). The van der Waals surface area contributed by atoms with Gasteiger partial charge in [-0.1, -0.05) is 0 Å². The van der Waals surface area contributed by atoms with E-state index in [1.807, 2.05) is 0 Å². The van der Waals surface area contributed by atoms with E-state index in [0.29, 0.717) is 0 Å². The van der Waals surface area contributed by atoms with Crippen LogP contribution >= 0.6 is 52.1 Å². The fourth-order valence-corrected chi connectivity index (χ4v) is 6.48. The first-order chi connectivity index (χ1) is 12.3. The van der Waals surface area contributed by atoms with Gasteiger partial charge >= 0.3 is 100 Å². The Morgan fingerprint density at radius 1 is 0.621 bits per heavy atom. The van der Waals surface area contributed by atoms with E-state index in [0.717, 1.165) is 20.0 Å². The fourth-order valence-electron chi connectivity index (χ4n) is 0.373. The van der Waals surface area contributed by atoms with Crippen molar-refractivity contribution in [1.29, 1.82) is 0 Å². The molecule has 0 aromatic carbocycles. The Bertz CT molecular complexity index is 573. The van der Waals surface area contributed by atoms with Gasteiger partial charge in [-0.25, -0.2) is 0 Å². The molecule has 3 atom stereocenters. The van der Waals surface area contributed by atoms with Crippen LogP contribution in [0.2, 0.25) is 0 Å². The Hall–Kier alpha value is 0.900. The second kappa shape index (κ2) is 14.1. The van der Waals surface area contributed by atoms with E-state index in [-0.39, 0.29) is 0 Å². The SMILES string of the molecule is CP(=O)(O)O.CP(=O)(O)O.CP(=O)(O)O.O=[P+]([O-])P(OO)(OO)([P+](=O)[O-])[P+](=O)[O-]. The Morgan fingerprint density at radius 3 is 0.724 bits per heavy atom. The summed E-state index contributed by atoms with van der Waals surface area (Å²) in [6.07, 6.45) is -6.53. The van der Waals surface area contributed by atoms with E-state index in [4.69, 9.17) is 39.9 Å². The van der Waals surface area contributed by atoms with E-state index in [1.54, 1.807) is 0 Å². The van der Waals surface area contributed by atoms with Crippen LogP contribution in [-0.4, -0.2) is 59.9 Å². The van der Waals surface area contributed by atoms with Gasteiger partial charge in [-0.3, -0.25) is 13.7 Å². The van der Waals surface area contributed by atoms with Gasteiger partial charge < -0.3 is 29.4 Å². The third-order valence-electron chi connectivity index (χ3n) is 1.12. The second-order valence-electron chi connectivity index (χ2n) is 4.22. The summed E-state index contributed by atoms with van der Waals surface area (Å²) in [5.41, 5.74) is 0. The van der Waals surface area contributed by atoms with Gasteiger partial charge in [-0.15, -0.1) is 0 Å². The van der Waals surface area contributed by atoms with Crippen molar-refractivity contribution in [1.82, 2.24) is 0 Å². The van der Waals surface area contributed by atoms with Crippen LogP contribution in [0.25, 0.3) is 0 Å². The summed E-state index contributed by atoms with van der Waals surface area (Å²) in [7, 11) is -24.2. The van der Waals surface area contributed by atoms with Crippen LogP contribution in [-0.2, 0) is 36.7 Å². The van der Waals surface area contributed by atoms with E-state index < -0.39 is 52.1 Å². The molecular weight excluding hydrogens is 557 g/mol. The van der Waals surface area contributed by atoms with Gasteiger partial charge in [0.05, 0.1) is 0 Å². The molecule has 0 aliphatic heterocycles. The molecule has 0 aromatic heterocycles. The van der Waals surface area contributed by atoms with Crippen molar-refractivity contribution >= 4 is 52.1 Å². The van der Waals surface area contributed by atoms with Gasteiger partial charge in [0.2, 0.25) is 0 Å². The molecule has 29 heavy (non-hydrogen) atoms. The molecule has 0 aromatic rings. The van der Waals surface area contributed by atoms with Crippen molar-refractivity contribution in [2.75, 3.05) is 20.0 Å². The summed E-state index contributed by atoms with van der Waals surface area (Å²) in [5, 5.41) is 16.1. The van der Waals surface area contributed by atoms with Gasteiger partial charge in [0, 0.05) is 20.0 Å². The average Bonchev–Trinajstić information content (AvgIpc) is 2.34. The molecule has 0 saturated carbocycles. The second-order valence-corrected chi connectivity index (χ2v) is 25.0. The number of hydrogen-bond acceptors (Lipinski definition) is 13. The molecule has 0 saturated heterocycles. The van der Waals surface area contributed by atoms with Gasteiger partial charge in [0.1, 0.15) is 0 Å². The summed E-state index contributed by atoms with van der Waals surface area (Å²) in [6.45, 7) is 2.56. The van der Waals surface area contributed by atoms with Gasteiger partial charge in [-0.05, 0) is 0 Å². The molecule has 8 N–H and O–H groups in total. The average molecular weight is 574 g/mol. The summed E-state index contributed by atoms with van der Waals surface area (Å²) >= 11 is 0. The van der Waals surface area contributed by atoms with Crippen LogP contribution < -0.4 is 14.7 Å². The topological polar surface area (TPSA) is 352 Å². The first-order valence-corrected chi connectivity index (χ1v) is 19.4. The normalized spacial score (nSPS) is 14.8. The Labute approximate surface area is 164 Å². The molecular formula is C3H17O19P7. The fraction of sp³-hybridized carbons (Fsp3) is 1.00. The number of rotatable bonds is 5. The van der Waals surface area contributed by atoms with Crippen LogP contribution in [0.15, 0.2) is 0 Å². The first-order valence-electron chi connectivity index (χ1n) is 5.52. The predicted molar refractivity (Wildman–Crippen MR) is 91.1 cm³/mol. The predicted octanol–water partition coefficient (Wildman–Crippen LogP) is -1.22. The third kappa shape index (κ3) is 19.3. The number of hydrogen-bond donors (Lipinski definition) is 8. The van der Waals surface area contributed by atoms with Gasteiger partial charge in [0.15, 0.2) is 0 Å². The van der Waals surface area contributed by atoms with Crippen LogP contribution in [0.5, 0.6) is 0 Å². The van der Waals surface area contributed by atoms with Crippen molar-refractivity contribution in [2.45, 2.75) is 0 Å². The molecule has 0 heterocycles. The van der Waals surface area contributed by atoms with Crippen molar-refractivity contribution in [3.05, 3.63) is 0 Å². The molecule has 3 unspecified atom stereocenters. The molecule has 0 amide bonds. The molecule has 26 heteroatoms. The van der Waals surface area contributed by atoms with Gasteiger partial charge in [-0.2, -0.15) is 0 Å². The van der Waals surface area contributed by atoms with E-state index in [9.17, 15) is 42.1 Å². The van der Waals surface area contributed by atoms with Crippen molar-refractivity contribution in [2.24, 2.45) is 0 Å². The van der Waals surface area contributed by atoms with Crippen LogP contribution in [0.1, 0.15) is 0 Å². The maximum absolute atomic E-state index is 10.4. The molecule has 178 valence electrons. The van der Waals surface area contributed by atoms with Crippen LogP contribution in [0.4, 0.5) is 0 Å². The summed E-state index contributed by atoms with van der Waals surface area (Å²) in [4.78, 5) is 77.1. The van der Waals surface area contributed by atoms with Crippen LogP contribution in [0, 0.1) is 0 Å². The molecule has 0 aliphatic rings. The Morgan fingerprint density at radius 2 is 0.724 bits per heavy atom. The summed E-state index contributed by atoms with van der Waals surface area (Å²) in [6, 6.07) is 0. The zero-order valence-electron chi connectivity index (χ0n) is 14.2. The molecule has 0 aliphatic carbocycles. The molecule has 0 fully saturated rings. The summed E-state index contributed by atoms with van der Waals surface area (Å²) in [5.74, 6) is 0. The Balaban J connectivity index is -0.000000171. The van der Waals surface area contributed by atoms with Crippen molar-refractivity contribution < 1.29 is 91.3 Å². The first kappa shape index (κ1) is 37.2. The minimum atomic E-state index is -6.53. The van der Waals surface area contributed by atoms with Crippen molar-refractivity contribution in [3.8, 4) is 0 Å². The third-order valence-corrected chi connectivity index (χ3v) is 17.6. The zero-order valence-corrected chi connectivity index (χ0v) is 20.5. The minimum absolute atomic E-state index is 0.854. The monoisotopic (exact) mass is 574 g/mol. The van der Waals surface area contributed by atoms with Crippen LogP contribution in [0.3, 0.4) is 0 Å². The molecule has 0 bridgehead atoms. The molecule has 19 nitrogen and oxygen atoms in total. The van der Waals surface area contributed by atoms with Crippen molar-refractivity contribution in [3.63, 3.8) is 0 Å². The quantitative estimate of drug-likeness (QED) is 0.108. The zero-order chi connectivity index (χ0) is 25.1. The summed E-state index contributed by atoms with van der Waals surface area (Å²) < 4.78 is 65.2.